The lowest BCUT2D eigenvalue weighted by Crippen LogP contribution is -2.40. The fraction of sp³-hybridized carbons (Fsp3) is 0.333. The summed E-state index contributed by atoms with van der Waals surface area (Å²) in [4.78, 5) is 23.1. The van der Waals surface area contributed by atoms with E-state index in [1.54, 1.807) is 0 Å². The molecule has 21 heavy (non-hydrogen) atoms. The lowest BCUT2D eigenvalue weighted by molar-refractivity contribution is -0.141. The Balaban J connectivity index is 3.03. The van der Waals surface area contributed by atoms with Crippen molar-refractivity contribution in [2.75, 3.05) is 7.05 Å². The largest absolute Gasteiger partial charge is 0.480 e. The lowest BCUT2D eigenvalue weighted by atomic mass is 10.2. The number of carboxylic acids is 1. The van der Waals surface area contributed by atoms with Crippen LogP contribution in [0.3, 0.4) is 0 Å². The number of benzene rings is 1. The van der Waals surface area contributed by atoms with Gasteiger partial charge in [0.25, 0.3) is 5.91 Å². The molecule has 0 aromatic heterocycles. The van der Waals surface area contributed by atoms with E-state index in [4.69, 9.17) is 5.11 Å². The first-order valence-corrected chi connectivity index (χ1v) is 7.25. The van der Waals surface area contributed by atoms with Crippen LogP contribution in [0.15, 0.2) is 29.2 Å². The van der Waals surface area contributed by atoms with E-state index in [0.717, 1.165) is 29.2 Å². The number of amides is 1. The third-order valence-electron chi connectivity index (χ3n) is 2.92. The van der Waals surface area contributed by atoms with Gasteiger partial charge in [-0.1, -0.05) is 0 Å². The van der Waals surface area contributed by atoms with Gasteiger partial charge in [-0.15, -0.1) is 0 Å². The number of aliphatic carboxylic acids is 1. The van der Waals surface area contributed by atoms with Crippen molar-refractivity contribution in [3.05, 3.63) is 29.8 Å². The lowest BCUT2D eigenvalue weighted by Gasteiger charge is -2.21. The number of carbonyl (C=O) groups excluding carboxylic acids is 1. The van der Waals surface area contributed by atoms with Crippen LogP contribution >= 0.6 is 0 Å². The molecule has 1 N–H and O–H groups in total. The van der Waals surface area contributed by atoms with E-state index in [-0.39, 0.29) is 5.56 Å². The van der Waals surface area contributed by atoms with E-state index in [0.29, 0.717) is 0 Å². The zero-order valence-electron chi connectivity index (χ0n) is 11.2. The van der Waals surface area contributed by atoms with E-state index < -0.39 is 38.4 Å². The molecule has 1 aromatic rings. The number of carboxylic acid groups (broad SMARTS) is 1. The van der Waals surface area contributed by atoms with Gasteiger partial charge in [0.05, 0.1) is 4.90 Å². The third kappa shape index (κ3) is 3.54. The number of rotatable bonds is 5. The van der Waals surface area contributed by atoms with Gasteiger partial charge in [-0.25, -0.2) is 13.2 Å². The van der Waals surface area contributed by atoms with Crippen molar-refractivity contribution in [1.82, 2.24) is 4.90 Å². The van der Waals surface area contributed by atoms with Gasteiger partial charge in [-0.05, 0) is 31.2 Å². The highest BCUT2D eigenvalue weighted by atomic mass is 32.2. The zero-order valence-corrected chi connectivity index (χ0v) is 12.0. The first-order chi connectivity index (χ1) is 9.59. The third-order valence-corrected chi connectivity index (χ3v) is 4.32. The average Bonchev–Trinajstić information content (AvgIpc) is 2.44. The number of nitrogens with zero attached hydrogens (tertiary/aromatic N) is 1. The number of sulfone groups is 1. The fourth-order valence-corrected chi connectivity index (χ4v) is 2.16. The first kappa shape index (κ1) is 17.0. The molecule has 1 aromatic carbocycles. The Bertz CT molecular complexity index is 642. The standard InChI is InChI=1S/C12H13F2NO5S/c1-7(11(17)18)15(2)10(16)8-3-5-9(6-4-8)21(19,20)12(13)14/h3-7,12H,1-2H3,(H,17,18). The van der Waals surface area contributed by atoms with Crippen molar-refractivity contribution in [1.29, 1.82) is 0 Å². The molecule has 1 unspecified atom stereocenters. The van der Waals surface area contributed by atoms with Crippen LogP contribution < -0.4 is 0 Å². The van der Waals surface area contributed by atoms with Crippen LogP contribution in [0.2, 0.25) is 0 Å². The number of likely N-dealkylation sites (N-methyl/N-ethyl adjacent to an activating group) is 1. The molecule has 0 spiro atoms. The van der Waals surface area contributed by atoms with Crippen LogP contribution in [0.1, 0.15) is 17.3 Å². The molecule has 0 saturated heterocycles. The van der Waals surface area contributed by atoms with Gasteiger partial charge in [0.1, 0.15) is 6.04 Å². The monoisotopic (exact) mass is 321 g/mol. The molecular weight excluding hydrogens is 308 g/mol. The number of hydrogen-bond acceptors (Lipinski definition) is 4. The minimum absolute atomic E-state index is 0.00110. The molecule has 0 saturated carbocycles. The Hall–Kier alpha value is -2.03. The molecule has 116 valence electrons. The minimum Gasteiger partial charge on any atom is -0.480 e. The second kappa shape index (κ2) is 6.17. The Morgan fingerprint density at radius 1 is 1.19 bits per heavy atom. The summed E-state index contributed by atoms with van der Waals surface area (Å²) in [5, 5.41) is 8.80. The molecule has 0 heterocycles. The van der Waals surface area contributed by atoms with Gasteiger partial charge in [0, 0.05) is 12.6 Å². The second-order valence-electron chi connectivity index (χ2n) is 4.26. The summed E-state index contributed by atoms with van der Waals surface area (Å²) >= 11 is 0. The van der Waals surface area contributed by atoms with Crippen LogP contribution in [0.4, 0.5) is 8.78 Å². The summed E-state index contributed by atoms with van der Waals surface area (Å²) in [5.74, 6) is -5.41. The Labute approximate surface area is 119 Å². The molecule has 0 aliphatic rings. The van der Waals surface area contributed by atoms with Crippen molar-refractivity contribution < 1.29 is 31.9 Å². The number of halogens is 2. The molecule has 1 amide bonds. The van der Waals surface area contributed by atoms with Crippen LogP contribution in [0.5, 0.6) is 0 Å². The predicted octanol–water partition coefficient (Wildman–Crippen LogP) is 1.23. The summed E-state index contributed by atoms with van der Waals surface area (Å²) in [6.07, 6.45) is 0. The topological polar surface area (TPSA) is 91.8 Å². The Morgan fingerprint density at radius 3 is 2.05 bits per heavy atom. The highest BCUT2D eigenvalue weighted by Gasteiger charge is 2.27. The van der Waals surface area contributed by atoms with Gasteiger partial charge < -0.3 is 10.0 Å². The van der Waals surface area contributed by atoms with Crippen molar-refractivity contribution in [3.8, 4) is 0 Å². The summed E-state index contributed by atoms with van der Waals surface area (Å²) in [7, 11) is -3.45. The minimum atomic E-state index is -4.72. The van der Waals surface area contributed by atoms with Gasteiger partial charge in [-0.2, -0.15) is 8.78 Å². The van der Waals surface area contributed by atoms with Crippen LogP contribution in [0.25, 0.3) is 0 Å². The smallest absolute Gasteiger partial charge is 0.341 e. The van der Waals surface area contributed by atoms with Crippen LogP contribution in [-0.4, -0.2) is 49.1 Å². The van der Waals surface area contributed by atoms with Crippen molar-refractivity contribution in [3.63, 3.8) is 0 Å². The first-order valence-electron chi connectivity index (χ1n) is 5.71. The van der Waals surface area contributed by atoms with Gasteiger partial charge in [0.15, 0.2) is 0 Å². The normalized spacial score (nSPS) is 13.0. The molecule has 6 nitrogen and oxygen atoms in total. The molecule has 9 heteroatoms. The van der Waals surface area contributed by atoms with Gasteiger partial charge in [-0.3, -0.25) is 4.79 Å². The summed E-state index contributed by atoms with van der Waals surface area (Å²) in [5.41, 5.74) is -0.00110. The van der Waals surface area contributed by atoms with E-state index in [9.17, 15) is 26.8 Å². The van der Waals surface area contributed by atoms with E-state index >= 15 is 0 Å². The molecule has 0 bridgehead atoms. The number of alkyl halides is 2. The average molecular weight is 321 g/mol. The summed E-state index contributed by atoms with van der Waals surface area (Å²) in [6.45, 7) is 1.30. The highest BCUT2D eigenvalue weighted by Crippen LogP contribution is 2.19. The molecule has 0 radical (unpaired) electrons. The maximum Gasteiger partial charge on any atom is 0.341 e. The molecule has 1 rings (SSSR count). The zero-order chi connectivity index (χ0) is 16.4. The van der Waals surface area contributed by atoms with Crippen molar-refractivity contribution in [2.24, 2.45) is 0 Å². The maximum atomic E-state index is 12.4. The SMILES string of the molecule is CC(C(=O)O)N(C)C(=O)c1ccc(S(=O)(=O)C(F)F)cc1. The highest BCUT2D eigenvalue weighted by molar-refractivity contribution is 7.91. The van der Waals surface area contributed by atoms with Crippen molar-refractivity contribution >= 4 is 21.7 Å². The van der Waals surface area contributed by atoms with Crippen LogP contribution in [0, 0.1) is 0 Å². The fourth-order valence-electron chi connectivity index (χ4n) is 1.44. The molecular formula is C12H13F2NO5S. The van der Waals surface area contributed by atoms with Gasteiger partial charge >= 0.3 is 11.7 Å². The summed E-state index contributed by atoms with van der Waals surface area (Å²) < 4.78 is 47.1. The molecule has 1 atom stereocenters. The maximum absolute atomic E-state index is 12.4. The second-order valence-corrected chi connectivity index (χ2v) is 6.18. The van der Waals surface area contributed by atoms with E-state index in [1.807, 2.05) is 0 Å². The Morgan fingerprint density at radius 2 is 1.67 bits per heavy atom. The van der Waals surface area contributed by atoms with E-state index in [2.05, 4.69) is 0 Å². The number of hydrogen-bond donors (Lipinski definition) is 1. The quantitative estimate of drug-likeness (QED) is 0.880. The predicted molar refractivity (Wildman–Crippen MR) is 68.8 cm³/mol. The molecule has 0 aliphatic carbocycles. The van der Waals surface area contributed by atoms with Gasteiger partial charge in [0.2, 0.25) is 9.84 Å². The van der Waals surface area contributed by atoms with Crippen LogP contribution in [-0.2, 0) is 14.6 Å². The number of carbonyl (C=O) groups is 2. The van der Waals surface area contributed by atoms with E-state index in [1.165, 1.54) is 14.0 Å². The molecule has 0 aliphatic heterocycles. The summed E-state index contributed by atoms with van der Waals surface area (Å²) in [6, 6.07) is 2.80. The Kier molecular flexibility index (Phi) is 5.00. The van der Waals surface area contributed by atoms with Crippen molar-refractivity contribution in [2.45, 2.75) is 23.6 Å². The molecule has 0 fully saturated rings.